The molecule has 0 N–H and O–H groups in total. The molecule has 0 atom stereocenters. The van der Waals surface area contributed by atoms with Crippen LogP contribution < -0.4 is 0 Å². The smallest absolute Gasteiger partial charge is 0.0223 e. The van der Waals surface area contributed by atoms with Gasteiger partial charge in [0, 0.05) is 5.88 Å². The Morgan fingerprint density at radius 1 is 1.00 bits per heavy atom. The third-order valence-corrected chi connectivity index (χ3v) is 2.05. The number of halogens is 2. The van der Waals surface area contributed by atoms with Gasteiger partial charge in [-0.1, -0.05) is 35.4 Å². The van der Waals surface area contributed by atoms with E-state index in [0.717, 1.165) is 5.88 Å². The van der Waals surface area contributed by atoms with Crippen LogP contribution in [0.2, 0.25) is 0 Å². The summed E-state index contributed by atoms with van der Waals surface area (Å²) in [6.45, 7) is 0. The fraction of sp³-hybridized carbons (Fsp3) is 1.00. The van der Waals surface area contributed by atoms with Gasteiger partial charge in [-0.2, -0.15) is 0 Å². The largest absolute Gasteiger partial charge is 0.127 e. The van der Waals surface area contributed by atoms with E-state index in [1.807, 2.05) is 0 Å². The lowest BCUT2D eigenvalue weighted by Gasteiger charge is -1.92. The minimum atomic E-state index is 0.835. The van der Waals surface area contributed by atoms with E-state index in [-0.39, 0.29) is 0 Å². The summed E-state index contributed by atoms with van der Waals surface area (Å²) in [7, 11) is 0. The summed E-state index contributed by atoms with van der Waals surface area (Å²) < 4.78 is 1.29. The molecule has 8 heavy (non-hydrogen) atoms. The molecule has 0 aliphatic rings. The van der Waals surface area contributed by atoms with E-state index < -0.39 is 0 Å². The molecule has 0 nitrogen and oxygen atoms in total. The minimum absolute atomic E-state index is 0.835. The van der Waals surface area contributed by atoms with E-state index in [0.29, 0.717) is 0 Å². The summed E-state index contributed by atoms with van der Waals surface area (Å²) in [5.74, 6) is 0.835. The first-order valence-electron chi connectivity index (χ1n) is 3.03. The number of hydrogen-bond donors (Lipinski definition) is 0. The second-order valence-corrected chi connectivity index (χ2v) is 3.25. The summed E-state index contributed by atoms with van der Waals surface area (Å²) in [5, 5.41) is 0. The first-order valence-corrected chi connectivity index (χ1v) is 5.09. The summed E-state index contributed by atoms with van der Waals surface area (Å²) in [5.41, 5.74) is 0. The second-order valence-electron chi connectivity index (χ2n) is 1.79. The Kier molecular flexibility index (Phi) is 9.04. The van der Waals surface area contributed by atoms with Crippen molar-refractivity contribution in [2.24, 2.45) is 0 Å². The molecule has 0 saturated carbocycles. The second kappa shape index (κ2) is 8.02. The van der Waals surface area contributed by atoms with Gasteiger partial charge < -0.3 is 0 Å². The van der Waals surface area contributed by atoms with Crippen LogP contribution in [0.3, 0.4) is 0 Å². The van der Waals surface area contributed by atoms with Gasteiger partial charge in [-0.25, -0.2) is 0 Å². The molecule has 0 aliphatic heterocycles. The van der Waals surface area contributed by atoms with Crippen molar-refractivity contribution in [1.82, 2.24) is 0 Å². The Bertz CT molecular complexity index is 33.5. The van der Waals surface area contributed by atoms with Gasteiger partial charge in [0.05, 0.1) is 0 Å². The van der Waals surface area contributed by atoms with Gasteiger partial charge in [0.2, 0.25) is 0 Å². The molecular formula is C6H12ClI. The number of alkyl halides is 2. The highest BCUT2D eigenvalue weighted by molar-refractivity contribution is 14.1. The Labute approximate surface area is 70.1 Å². The van der Waals surface area contributed by atoms with Crippen LogP contribution in [-0.4, -0.2) is 10.3 Å². The van der Waals surface area contributed by atoms with E-state index in [9.17, 15) is 0 Å². The molecule has 0 spiro atoms. The third-order valence-electron chi connectivity index (χ3n) is 1.02. The first-order chi connectivity index (χ1) is 3.91. The molecule has 0 aromatic carbocycles. The van der Waals surface area contributed by atoms with Gasteiger partial charge in [0.15, 0.2) is 0 Å². The molecule has 0 bridgehead atoms. The Morgan fingerprint density at radius 2 is 1.62 bits per heavy atom. The molecule has 2 heteroatoms. The highest BCUT2D eigenvalue weighted by atomic mass is 127. The van der Waals surface area contributed by atoms with Crippen molar-refractivity contribution in [3.63, 3.8) is 0 Å². The zero-order valence-corrected chi connectivity index (χ0v) is 7.91. The van der Waals surface area contributed by atoms with Crippen molar-refractivity contribution in [2.45, 2.75) is 25.7 Å². The van der Waals surface area contributed by atoms with Crippen LogP contribution in [0.25, 0.3) is 0 Å². The summed E-state index contributed by atoms with van der Waals surface area (Å²) >= 11 is 7.88. The van der Waals surface area contributed by atoms with Crippen molar-refractivity contribution in [3.8, 4) is 0 Å². The van der Waals surface area contributed by atoms with Crippen molar-refractivity contribution in [3.05, 3.63) is 0 Å². The Hall–Kier alpha value is 1.02. The predicted molar refractivity (Wildman–Crippen MR) is 48.1 cm³/mol. The van der Waals surface area contributed by atoms with Gasteiger partial charge in [0.1, 0.15) is 0 Å². The van der Waals surface area contributed by atoms with Crippen molar-refractivity contribution < 1.29 is 0 Å². The average molecular weight is 247 g/mol. The van der Waals surface area contributed by atoms with Crippen LogP contribution in [0.1, 0.15) is 25.7 Å². The molecule has 0 heterocycles. The van der Waals surface area contributed by atoms with Crippen molar-refractivity contribution in [2.75, 3.05) is 10.3 Å². The lowest BCUT2D eigenvalue weighted by Crippen LogP contribution is -1.78. The molecule has 0 fully saturated rings. The zero-order valence-electron chi connectivity index (χ0n) is 5.00. The van der Waals surface area contributed by atoms with Gasteiger partial charge in [-0.15, -0.1) is 11.6 Å². The fourth-order valence-electron chi connectivity index (χ4n) is 0.543. The molecular weight excluding hydrogens is 234 g/mol. The van der Waals surface area contributed by atoms with Crippen LogP contribution in [0.15, 0.2) is 0 Å². The van der Waals surface area contributed by atoms with Gasteiger partial charge in [-0.3, -0.25) is 0 Å². The Balaban J connectivity index is 2.53. The van der Waals surface area contributed by atoms with Gasteiger partial charge >= 0.3 is 0 Å². The molecule has 0 rings (SSSR count). The molecule has 0 amide bonds. The van der Waals surface area contributed by atoms with Crippen LogP contribution >= 0.6 is 34.2 Å². The molecule has 0 aliphatic carbocycles. The van der Waals surface area contributed by atoms with E-state index in [4.69, 9.17) is 11.6 Å². The molecule has 0 radical (unpaired) electrons. The minimum Gasteiger partial charge on any atom is -0.127 e. The lowest BCUT2D eigenvalue weighted by atomic mass is 10.2. The maximum absolute atomic E-state index is 5.48. The quantitative estimate of drug-likeness (QED) is 0.397. The summed E-state index contributed by atoms with van der Waals surface area (Å²) in [6.07, 6.45) is 5.22. The summed E-state index contributed by atoms with van der Waals surface area (Å²) in [4.78, 5) is 0. The van der Waals surface area contributed by atoms with Crippen LogP contribution in [0, 0.1) is 0 Å². The standard InChI is InChI=1S/C6H12ClI/c7-5-3-1-2-4-6-8/h1-6H2. The van der Waals surface area contributed by atoms with Crippen molar-refractivity contribution in [1.29, 1.82) is 0 Å². The monoisotopic (exact) mass is 246 g/mol. The van der Waals surface area contributed by atoms with Crippen LogP contribution in [0.4, 0.5) is 0 Å². The number of unbranched alkanes of at least 4 members (excludes halogenated alkanes) is 3. The topological polar surface area (TPSA) is 0 Å². The Morgan fingerprint density at radius 3 is 2.12 bits per heavy atom. The molecule has 0 aromatic heterocycles. The summed E-state index contributed by atoms with van der Waals surface area (Å²) in [6, 6.07) is 0. The molecule has 0 unspecified atom stereocenters. The van der Waals surface area contributed by atoms with Crippen molar-refractivity contribution >= 4 is 34.2 Å². The van der Waals surface area contributed by atoms with Crippen LogP contribution in [0.5, 0.6) is 0 Å². The SMILES string of the molecule is ClCCCCCCI. The van der Waals surface area contributed by atoms with E-state index >= 15 is 0 Å². The van der Waals surface area contributed by atoms with Gasteiger partial charge in [-0.05, 0) is 17.3 Å². The average Bonchev–Trinajstić information content (AvgIpc) is 1.81. The highest BCUT2D eigenvalue weighted by Gasteiger charge is 1.84. The van der Waals surface area contributed by atoms with E-state index in [2.05, 4.69) is 22.6 Å². The van der Waals surface area contributed by atoms with E-state index in [1.54, 1.807) is 0 Å². The lowest BCUT2D eigenvalue weighted by molar-refractivity contribution is 0.713. The maximum atomic E-state index is 5.48. The highest BCUT2D eigenvalue weighted by Crippen LogP contribution is 2.02. The number of rotatable bonds is 5. The molecule has 0 saturated heterocycles. The zero-order chi connectivity index (χ0) is 6.24. The van der Waals surface area contributed by atoms with Gasteiger partial charge in [0.25, 0.3) is 0 Å². The number of hydrogen-bond acceptors (Lipinski definition) is 0. The van der Waals surface area contributed by atoms with Crippen LogP contribution in [-0.2, 0) is 0 Å². The maximum Gasteiger partial charge on any atom is 0.0223 e. The normalized spacial score (nSPS) is 9.75. The molecule has 0 aromatic rings. The third kappa shape index (κ3) is 7.02. The first kappa shape index (κ1) is 9.02. The fourth-order valence-corrected chi connectivity index (χ4v) is 1.27. The molecule has 50 valence electrons. The predicted octanol–water partition coefficient (Wildman–Crippen LogP) is 3.22. The van der Waals surface area contributed by atoms with E-state index in [1.165, 1.54) is 30.1 Å².